The smallest absolute Gasteiger partial charge is 0.157 e. The van der Waals surface area contributed by atoms with Crippen molar-refractivity contribution in [2.75, 3.05) is 12.3 Å². The third kappa shape index (κ3) is 3.14. The number of hydrogen-bond donors (Lipinski definition) is 3. The second kappa shape index (κ2) is 5.95. The molecule has 0 fully saturated rings. The summed E-state index contributed by atoms with van der Waals surface area (Å²) in [6, 6.07) is 9.81. The number of phenols is 2. The Morgan fingerprint density at radius 1 is 1.14 bits per heavy atom. The van der Waals surface area contributed by atoms with Gasteiger partial charge in [-0.05, 0) is 60.5 Å². The normalized spacial score (nSPS) is 17.5. The fourth-order valence-corrected chi connectivity index (χ4v) is 3.51. The van der Waals surface area contributed by atoms with Crippen molar-refractivity contribution in [2.24, 2.45) is 0 Å². The molecule has 3 nitrogen and oxygen atoms in total. The van der Waals surface area contributed by atoms with Crippen LogP contribution in [0.1, 0.15) is 17.2 Å². The minimum absolute atomic E-state index is 0.0689. The van der Waals surface area contributed by atoms with Gasteiger partial charge < -0.3 is 15.5 Å². The molecule has 1 atom stereocenters. The molecule has 0 aliphatic carbocycles. The predicted octanol–water partition coefficient (Wildman–Crippen LogP) is 3.22. The molecule has 110 valence electrons. The first kappa shape index (κ1) is 14.2. The van der Waals surface area contributed by atoms with Crippen molar-refractivity contribution in [3.8, 4) is 11.5 Å². The van der Waals surface area contributed by atoms with Crippen molar-refractivity contribution in [3.05, 3.63) is 53.3 Å². The van der Waals surface area contributed by atoms with Crippen LogP contribution in [0.5, 0.6) is 11.5 Å². The number of benzene rings is 2. The molecule has 3 rings (SSSR count). The highest BCUT2D eigenvalue weighted by atomic mass is 32.2. The summed E-state index contributed by atoms with van der Waals surface area (Å²) >= 11 is 1.64. The van der Waals surface area contributed by atoms with Crippen LogP contribution in [0.25, 0.3) is 0 Å². The second-order valence-electron chi connectivity index (χ2n) is 5.06. The van der Waals surface area contributed by atoms with Crippen LogP contribution in [-0.4, -0.2) is 22.5 Å². The van der Waals surface area contributed by atoms with Gasteiger partial charge in [0.15, 0.2) is 11.5 Å². The van der Waals surface area contributed by atoms with Gasteiger partial charge in [-0.25, -0.2) is 4.39 Å². The molecule has 0 bridgehead atoms. The molecule has 0 saturated carbocycles. The van der Waals surface area contributed by atoms with Gasteiger partial charge in [0.05, 0.1) is 0 Å². The van der Waals surface area contributed by atoms with Crippen LogP contribution in [-0.2, 0) is 6.42 Å². The van der Waals surface area contributed by atoms with Gasteiger partial charge >= 0.3 is 0 Å². The van der Waals surface area contributed by atoms with E-state index in [9.17, 15) is 14.6 Å². The number of rotatable bonds is 3. The van der Waals surface area contributed by atoms with Gasteiger partial charge in [-0.1, -0.05) is 0 Å². The molecular formula is C16H16FNO2S. The highest BCUT2D eigenvalue weighted by Crippen LogP contribution is 2.35. The van der Waals surface area contributed by atoms with Crippen LogP contribution in [0, 0.1) is 5.82 Å². The van der Waals surface area contributed by atoms with Crippen LogP contribution in [0.2, 0.25) is 0 Å². The van der Waals surface area contributed by atoms with Crippen molar-refractivity contribution < 1.29 is 14.6 Å². The molecule has 2 aromatic carbocycles. The Morgan fingerprint density at radius 2 is 1.86 bits per heavy atom. The fraction of sp³-hybridized carbons (Fsp3) is 0.250. The van der Waals surface area contributed by atoms with E-state index in [0.717, 1.165) is 34.7 Å². The fourth-order valence-electron chi connectivity index (χ4n) is 2.53. The Hall–Kier alpha value is -1.72. The minimum Gasteiger partial charge on any atom is -0.504 e. The summed E-state index contributed by atoms with van der Waals surface area (Å²) < 4.78 is 12.9. The van der Waals surface area contributed by atoms with E-state index in [1.165, 1.54) is 12.1 Å². The Kier molecular flexibility index (Phi) is 4.03. The summed E-state index contributed by atoms with van der Waals surface area (Å²) in [4.78, 5) is 1.01. The summed E-state index contributed by atoms with van der Waals surface area (Å²) in [7, 11) is 0. The van der Waals surface area contributed by atoms with Gasteiger partial charge in [-0.15, -0.1) is 11.8 Å². The van der Waals surface area contributed by atoms with Gasteiger partial charge in [-0.3, -0.25) is 0 Å². The largest absolute Gasteiger partial charge is 0.504 e. The zero-order chi connectivity index (χ0) is 14.8. The molecule has 1 heterocycles. The molecule has 0 saturated heterocycles. The number of hydrogen-bond acceptors (Lipinski definition) is 4. The summed E-state index contributed by atoms with van der Waals surface area (Å²) in [5.41, 5.74) is 2.08. The van der Waals surface area contributed by atoms with E-state index in [-0.39, 0.29) is 23.4 Å². The van der Waals surface area contributed by atoms with Gasteiger partial charge in [0.1, 0.15) is 5.82 Å². The maximum Gasteiger partial charge on any atom is 0.157 e. The predicted molar refractivity (Wildman–Crippen MR) is 81.3 cm³/mol. The maximum absolute atomic E-state index is 12.9. The highest BCUT2D eigenvalue weighted by Gasteiger charge is 2.21. The molecule has 1 unspecified atom stereocenters. The summed E-state index contributed by atoms with van der Waals surface area (Å²) in [6.07, 6.45) is 0.834. The van der Waals surface area contributed by atoms with Gasteiger partial charge in [-0.2, -0.15) is 0 Å². The minimum atomic E-state index is -0.235. The molecule has 1 aliphatic rings. The van der Waals surface area contributed by atoms with E-state index in [0.29, 0.717) is 0 Å². The number of aromatic hydroxyl groups is 2. The van der Waals surface area contributed by atoms with Gasteiger partial charge in [0.2, 0.25) is 0 Å². The van der Waals surface area contributed by atoms with Crippen LogP contribution in [0.15, 0.2) is 41.3 Å². The summed E-state index contributed by atoms with van der Waals surface area (Å²) in [5.74, 6) is 0.388. The van der Waals surface area contributed by atoms with E-state index in [1.54, 1.807) is 36.0 Å². The number of fused-ring (bicyclic) bond motifs is 1. The molecule has 3 N–H and O–H groups in total. The number of thioether (sulfide) groups is 1. The molecular weight excluding hydrogens is 289 g/mol. The Balaban J connectivity index is 1.76. The van der Waals surface area contributed by atoms with Crippen molar-refractivity contribution in [1.82, 2.24) is 5.32 Å². The molecule has 1 aliphatic heterocycles. The molecule has 21 heavy (non-hydrogen) atoms. The van der Waals surface area contributed by atoms with E-state index >= 15 is 0 Å². The number of phenolic OH excluding ortho intramolecular Hbond substituents is 2. The molecule has 0 radical (unpaired) electrons. The molecule has 5 heteroatoms. The lowest BCUT2D eigenvalue weighted by Gasteiger charge is -2.27. The van der Waals surface area contributed by atoms with Crippen LogP contribution in [0.3, 0.4) is 0 Å². The first-order valence-electron chi connectivity index (χ1n) is 6.80. The maximum atomic E-state index is 12.9. The Morgan fingerprint density at radius 3 is 2.62 bits per heavy atom. The topological polar surface area (TPSA) is 52.5 Å². The first-order chi connectivity index (χ1) is 10.1. The van der Waals surface area contributed by atoms with Gasteiger partial charge in [0.25, 0.3) is 0 Å². The van der Waals surface area contributed by atoms with Crippen LogP contribution in [0.4, 0.5) is 4.39 Å². The van der Waals surface area contributed by atoms with Crippen LogP contribution >= 0.6 is 11.8 Å². The average Bonchev–Trinajstić information content (AvgIpc) is 2.48. The molecule has 0 amide bonds. The monoisotopic (exact) mass is 305 g/mol. The quantitative estimate of drug-likeness (QED) is 0.602. The lowest BCUT2D eigenvalue weighted by Crippen LogP contribution is -2.31. The van der Waals surface area contributed by atoms with E-state index in [2.05, 4.69) is 5.32 Å². The third-order valence-corrected chi connectivity index (χ3v) is 4.73. The van der Waals surface area contributed by atoms with Crippen molar-refractivity contribution in [1.29, 1.82) is 0 Å². The van der Waals surface area contributed by atoms with E-state index in [1.807, 2.05) is 0 Å². The van der Waals surface area contributed by atoms with Crippen molar-refractivity contribution in [2.45, 2.75) is 17.4 Å². The number of halogens is 1. The average molecular weight is 305 g/mol. The van der Waals surface area contributed by atoms with Crippen molar-refractivity contribution >= 4 is 11.8 Å². The first-order valence-corrected chi connectivity index (χ1v) is 7.78. The summed E-state index contributed by atoms with van der Waals surface area (Å²) in [6.45, 7) is 0.839. The van der Waals surface area contributed by atoms with Gasteiger partial charge in [0, 0.05) is 16.7 Å². The molecule has 0 spiro atoms. The lowest BCUT2D eigenvalue weighted by atomic mass is 9.94. The number of nitrogens with one attached hydrogen (secondary N) is 1. The highest BCUT2D eigenvalue weighted by molar-refractivity contribution is 7.99. The Labute approximate surface area is 126 Å². The summed E-state index contributed by atoms with van der Waals surface area (Å²) in [5, 5.41) is 22.7. The molecule has 2 aromatic rings. The SMILES string of the molecule is Oc1cc2c(cc1O)C(CSc1ccc(F)cc1)NCC2. The lowest BCUT2D eigenvalue weighted by molar-refractivity contribution is 0.400. The Bertz CT molecular complexity index is 645. The van der Waals surface area contributed by atoms with Crippen molar-refractivity contribution in [3.63, 3.8) is 0 Å². The third-order valence-electron chi connectivity index (χ3n) is 3.63. The van der Waals surface area contributed by atoms with Crippen LogP contribution < -0.4 is 5.32 Å². The zero-order valence-corrected chi connectivity index (χ0v) is 12.2. The second-order valence-corrected chi connectivity index (χ2v) is 6.15. The zero-order valence-electron chi connectivity index (χ0n) is 11.3. The molecule has 0 aromatic heterocycles. The van der Waals surface area contributed by atoms with E-state index in [4.69, 9.17) is 0 Å². The standard InChI is InChI=1S/C16H16FNO2S/c17-11-1-3-12(4-2-11)21-9-14-13-8-16(20)15(19)7-10(13)5-6-18-14/h1-4,7-8,14,18-20H,5-6,9H2. The van der Waals surface area contributed by atoms with E-state index < -0.39 is 0 Å².